The van der Waals surface area contributed by atoms with E-state index >= 15 is 0 Å². The Morgan fingerprint density at radius 1 is 1.15 bits per heavy atom. The average Bonchev–Trinajstić information content (AvgIpc) is 3.24. The third-order valence-electron chi connectivity index (χ3n) is 8.44. The predicted molar refractivity (Wildman–Crippen MR) is 105 cm³/mol. The molecule has 0 aromatic heterocycles. The van der Waals surface area contributed by atoms with Gasteiger partial charge in [-0.3, -0.25) is 0 Å². The largest absolute Gasteiger partial charge is 0.365 e. The number of ether oxygens (including phenoxy) is 3. The second-order valence-electron chi connectivity index (χ2n) is 9.34. The number of allylic oxidation sites excluding steroid dienone is 3. The minimum atomic E-state index is -0.301. The van der Waals surface area contributed by atoms with E-state index in [0.29, 0.717) is 11.8 Å². The van der Waals surface area contributed by atoms with Gasteiger partial charge in [-0.2, -0.15) is 0 Å². The van der Waals surface area contributed by atoms with Gasteiger partial charge in [0.2, 0.25) is 0 Å². The van der Waals surface area contributed by atoms with Crippen molar-refractivity contribution in [3.63, 3.8) is 0 Å². The van der Waals surface area contributed by atoms with Gasteiger partial charge >= 0.3 is 0 Å². The normalized spacial score (nSPS) is 42.1. The molecule has 5 aliphatic rings. The van der Waals surface area contributed by atoms with Crippen molar-refractivity contribution in [2.75, 3.05) is 20.3 Å². The van der Waals surface area contributed by atoms with Crippen LogP contribution in [0.25, 0.3) is 0 Å². The molecule has 27 heavy (non-hydrogen) atoms. The molecule has 1 saturated heterocycles. The zero-order chi connectivity index (χ0) is 18.7. The molecule has 4 atom stereocenters. The third-order valence-corrected chi connectivity index (χ3v) is 8.44. The summed E-state index contributed by atoms with van der Waals surface area (Å²) in [5, 5.41) is 0. The first-order chi connectivity index (χ1) is 13.1. The lowest BCUT2D eigenvalue weighted by Crippen LogP contribution is -2.49. The second-order valence-corrected chi connectivity index (χ2v) is 9.34. The van der Waals surface area contributed by atoms with Crippen molar-refractivity contribution in [1.82, 2.24) is 0 Å². The highest BCUT2D eigenvalue weighted by atomic mass is 16.7. The van der Waals surface area contributed by atoms with Crippen molar-refractivity contribution in [2.24, 2.45) is 17.3 Å². The first kappa shape index (κ1) is 18.0. The quantitative estimate of drug-likeness (QED) is 0.624. The Hall–Kier alpha value is -1.08. The highest BCUT2D eigenvalue weighted by Crippen LogP contribution is 2.63. The first-order valence-electron chi connectivity index (χ1n) is 10.7. The predicted octanol–water partition coefficient (Wildman–Crippen LogP) is 4.77. The van der Waals surface area contributed by atoms with Crippen molar-refractivity contribution in [3.8, 4) is 11.8 Å². The minimum absolute atomic E-state index is 0.130. The molecule has 0 bridgehead atoms. The zero-order valence-corrected chi connectivity index (χ0v) is 17.0. The van der Waals surface area contributed by atoms with Crippen molar-refractivity contribution in [1.29, 1.82) is 0 Å². The smallest absolute Gasteiger partial charge is 0.172 e. The van der Waals surface area contributed by atoms with E-state index in [1.165, 1.54) is 19.3 Å². The maximum absolute atomic E-state index is 6.11. The summed E-state index contributed by atoms with van der Waals surface area (Å²) in [6, 6.07) is 0. The molecule has 0 aromatic carbocycles. The monoisotopic (exact) mass is 368 g/mol. The van der Waals surface area contributed by atoms with E-state index in [4.69, 9.17) is 14.2 Å². The zero-order valence-electron chi connectivity index (χ0n) is 17.0. The lowest BCUT2D eigenvalue weighted by Gasteiger charge is -2.50. The van der Waals surface area contributed by atoms with Crippen molar-refractivity contribution < 1.29 is 14.2 Å². The molecule has 1 spiro atoms. The van der Waals surface area contributed by atoms with Crippen LogP contribution < -0.4 is 0 Å². The topological polar surface area (TPSA) is 27.7 Å². The summed E-state index contributed by atoms with van der Waals surface area (Å²) >= 11 is 0. The summed E-state index contributed by atoms with van der Waals surface area (Å²) in [6.07, 6.45) is 11.5. The molecule has 3 heteroatoms. The van der Waals surface area contributed by atoms with Gasteiger partial charge in [-0.05, 0) is 68.4 Å². The number of methoxy groups -OCH3 is 1. The van der Waals surface area contributed by atoms with E-state index in [-0.39, 0.29) is 16.8 Å². The Morgan fingerprint density at radius 3 is 2.70 bits per heavy atom. The van der Waals surface area contributed by atoms with E-state index in [9.17, 15) is 0 Å². The van der Waals surface area contributed by atoms with Gasteiger partial charge in [0.15, 0.2) is 5.79 Å². The molecule has 1 saturated carbocycles. The Balaban J connectivity index is 1.49. The van der Waals surface area contributed by atoms with Crippen LogP contribution in [-0.4, -0.2) is 31.7 Å². The van der Waals surface area contributed by atoms with Crippen molar-refractivity contribution >= 4 is 0 Å². The fraction of sp³-hybridized carbons (Fsp3) is 0.750. The average molecular weight is 369 g/mol. The molecule has 2 fully saturated rings. The molecule has 4 aliphatic carbocycles. The number of rotatable bonds is 1. The maximum atomic E-state index is 6.11. The molecule has 1 heterocycles. The van der Waals surface area contributed by atoms with Crippen LogP contribution in [0.3, 0.4) is 0 Å². The molecule has 0 aromatic rings. The van der Waals surface area contributed by atoms with E-state index in [1.54, 1.807) is 16.7 Å². The molecule has 0 unspecified atom stereocenters. The molecule has 0 amide bonds. The fourth-order valence-corrected chi connectivity index (χ4v) is 7.08. The van der Waals surface area contributed by atoms with Gasteiger partial charge in [-0.1, -0.05) is 24.5 Å². The van der Waals surface area contributed by atoms with Crippen LogP contribution in [-0.2, 0) is 14.2 Å². The number of fused-ring (bicyclic) bond motifs is 4. The van der Waals surface area contributed by atoms with Crippen LogP contribution in [0.5, 0.6) is 0 Å². The van der Waals surface area contributed by atoms with Crippen LogP contribution >= 0.6 is 0 Å². The minimum Gasteiger partial charge on any atom is -0.365 e. The summed E-state index contributed by atoms with van der Waals surface area (Å²) in [5.74, 6) is 7.72. The molecular formula is C24H32O3. The molecule has 0 N–H and O–H groups in total. The summed E-state index contributed by atoms with van der Waals surface area (Å²) in [5.41, 5.74) is 4.77. The SMILES string of the molecule is CC#C[C@]1(OC)CC[C@H]2[C@@H]3CCC4=C(CCC5(C4)OCCO5)C3=CC[C@@]21C. The summed E-state index contributed by atoms with van der Waals surface area (Å²) in [7, 11) is 1.86. The first-order valence-corrected chi connectivity index (χ1v) is 10.7. The molecule has 3 nitrogen and oxygen atoms in total. The van der Waals surface area contributed by atoms with E-state index < -0.39 is 0 Å². The molecule has 146 valence electrons. The van der Waals surface area contributed by atoms with E-state index in [2.05, 4.69) is 24.8 Å². The number of hydrogen-bond donors (Lipinski definition) is 0. The molecule has 0 radical (unpaired) electrons. The third kappa shape index (κ3) is 2.40. The van der Waals surface area contributed by atoms with Crippen LogP contribution in [0, 0.1) is 29.1 Å². The lowest BCUT2D eigenvalue weighted by molar-refractivity contribution is -0.164. The molecule has 1 aliphatic heterocycles. The maximum Gasteiger partial charge on any atom is 0.172 e. The Bertz CT molecular complexity index is 760. The lowest BCUT2D eigenvalue weighted by atomic mass is 9.56. The Labute approximate surface area is 163 Å². The van der Waals surface area contributed by atoms with Gasteiger partial charge in [-0.25, -0.2) is 0 Å². The molecule has 5 rings (SSSR count). The fourth-order valence-electron chi connectivity index (χ4n) is 7.08. The summed E-state index contributed by atoms with van der Waals surface area (Å²) in [4.78, 5) is 0. The second kappa shape index (κ2) is 6.21. The molecular weight excluding hydrogens is 336 g/mol. The number of hydrogen-bond acceptors (Lipinski definition) is 3. The van der Waals surface area contributed by atoms with Crippen LogP contribution in [0.15, 0.2) is 22.8 Å². The van der Waals surface area contributed by atoms with Crippen LogP contribution in [0.4, 0.5) is 0 Å². The van der Waals surface area contributed by atoms with Gasteiger partial charge in [-0.15, -0.1) is 5.92 Å². The van der Waals surface area contributed by atoms with Gasteiger partial charge in [0.05, 0.1) is 13.2 Å². The van der Waals surface area contributed by atoms with Crippen LogP contribution in [0.1, 0.15) is 65.2 Å². The highest BCUT2D eigenvalue weighted by Gasteiger charge is 2.61. The van der Waals surface area contributed by atoms with Crippen molar-refractivity contribution in [3.05, 3.63) is 22.8 Å². The standard InChI is InChI=1S/C24H32O3/c1-4-10-23(25-3)12-9-21-20-6-5-17-16-24(26-14-15-27-24)13-8-18(17)19(20)7-11-22(21,23)2/h7,20-21H,5-6,8-9,11-16H2,1-3H3/t20-,21+,22+,23+/m1/s1. The summed E-state index contributed by atoms with van der Waals surface area (Å²) in [6.45, 7) is 5.90. The van der Waals surface area contributed by atoms with Crippen molar-refractivity contribution in [2.45, 2.75) is 76.6 Å². The summed E-state index contributed by atoms with van der Waals surface area (Å²) < 4.78 is 18.1. The van der Waals surface area contributed by atoms with E-state index in [0.717, 1.165) is 45.3 Å². The van der Waals surface area contributed by atoms with Gasteiger partial charge in [0.1, 0.15) is 5.60 Å². The van der Waals surface area contributed by atoms with Crippen LogP contribution in [0.2, 0.25) is 0 Å². The van der Waals surface area contributed by atoms with Gasteiger partial charge < -0.3 is 14.2 Å². The van der Waals surface area contributed by atoms with Gasteiger partial charge in [0.25, 0.3) is 0 Å². The highest BCUT2D eigenvalue weighted by molar-refractivity contribution is 5.46. The Kier molecular flexibility index (Phi) is 4.14. The van der Waals surface area contributed by atoms with E-state index in [1.807, 2.05) is 14.0 Å². The van der Waals surface area contributed by atoms with Gasteiger partial charge in [0, 0.05) is 25.4 Å². The Morgan fingerprint density at radius 2 is 1.96 bits per heavy atom.